The summed E-state index contributed by atoms with van der Waals surface area (Å²) in [5, 5.41) is 0.251. The normalized spacial score (nSPS) is 12.1. The second kappa shape index (κ2) is 6.97. The molecule has 0 aliphatic heterocycles. The Morgan fingerprint density at radius 1 is 1.32 bits per heavy atom. The van der Waals surface area contributed by atoms with Crippen LogP contribution in [0.5, 0.6) is 11.5 Å². The van der Waals surface area contributed by atoms with E-state index >= 15 is 0 Å². The predicted molar refractivity (Wildman–Crippen MR) is 93.0 cm³/mol. The molecule has 0 radical (unpaired) electrons. The quantitative estimate of drug-likeness (QED) is 0.700. The van der Waals surface area contributed by atoms with Gasteiger partial charge in [0.2, 0.25) is 0 Å². The van der Waals surface area contributed by atoms with Gasteiger partial charge < -0.3 is 9.64 Å². The third-order valence-electron chi connectivity index (χ3n) is 3.62. The summed E-state index contributed by atoms with van der Waals surface area (Å²) < 4.78 is 20.2. The molecule has 0 spiro atoms. The fourth-order valence-electron chi connectivity index (χ4n) is 2.06. The Kier molecular flexibility index (Phi) is 5.24. The Bertz CT molecular complexity index is 654. The summed E-state index contributed by atoms with van der Waals surface area (Å²) in [6, 6.07) is 6.93. The van der Waals surface area contributed by atoms with Gasteiger partial charge in [-0.05, 0) is 36.1 Å². The number of pyridine rings is 1. The molecule has 3 nitrogen and oxygen atoms in total. The average molecular weight is 327 g/mol. The van der Waals surface area contributed by atoms with Gasteiger partial charge in [-0.3, -0.25) is 0 Å². The Balaban J connectivity index is 0.00000264. The standard InChI is InChI=1S/C17H20ClFN2O.2H2/c1-5-11(2)13-7-8-14(18)17(16(13)19)22-12-6-9-15(20-10-12)21(3)4;;/h6-11H,5H2,1-4H3;2*1H/t11-;;/m1../s1. The third kappa shape index (κ3) is 3.50. The second-order valence-electron chi connectivity index (χ2n) is 5.44. The van der Waals surface area contributed by atoms with Crippen LogP contribution in [-0.4, -0.2) is 19.1 Å². The van der Waals surface area contributed by atoms with Gasteiger partial charge in [-0.25, -0.2) is 9.37 Å². The van der Waals surface area contributed by atoms with E-state index in [4.69, 9.17) is 16.3 Å². The van der Waals surface area contributed by atoms with Crippen LogP contribution in [0.2, 0.25) is 5.02 Å². The van der Waals surface area contributed by atoms with Crippen molar-refractivity contribution in [2.45, 2.75) is 26.2 Å². The molecular formula is C17H24ClFN2O. The number of nitrogens with zero attached hydrogens (tertiary/aromatic N) is 2. The van der Waals surface area contributed by atoms with Crippen molar-refractivity contribution in [2.75, 3.05) is 19.0 Å². The molecule has 0 saturated heterocycles. The molecule has 1 atom stereocenters. The van der Waals surface area contributed by atoms with E-state index in [2.05, 4.69) is 4.98 Å². The first-order valence-corrected chi connectivity index (χ1v) is 7.61. The molecule has 0 N–H and O–H groups in total. The summed E-state index contributed by atoms with van der Waals surface area (Å²) >= 11 is 6.09. The molecule has 22 heavy (non-hydrogen) atoms. The summed E-state index contributed by atoms with van der Waals surface area (Å²) in [6.07, 6.45) is 2.40. The van der Waals surface area contributed by atoms with Gasteiger partial charge in [-0.2, -0.15) is 0 Å². The van der Waals surface area contributed by atoms with E-state index in [9.17, 15) is 4.39 Å². The Morgan fingerprint density at radius 3 is 2.59 bits per heavy atom. The van der Waals surface area contributed by atoms with Gasteiger partial charge in [0.25, 0.3) is 0 Å². The van der Waals surface area contributed by atoms with Crippen LogP contribution in [0.15, 0.2) is 30.5 Å². The molecule has 0 saturated carbocycles. The lowest BCUT2D eigenvalue weighted by molar-refractivity contribution is 0.434. The minimum Gasteiger partial charge on any atom is -0.451 e. The summed E-state index contributed by atoms with van der Waals surface area (Å²) in [5.74, 6) is 1.01. The maximum absolute atomic E-state index is 14.6. The zero-order chi connectivity index (χ0) is 16.3. The molecule has 1 aromatic carbocycles. The highest BCUT2D eigenvalue weighted by molar-refractivity contribution is 6.32. The molecule has 122 valence electrons. The van der Waals surface area contributed by atoms with Gasteiger partial charge in [0.1, 0.15) is 11.6 Å². The SMILES string of the molecule is CC[C@@H](C)c1ccc(Cl)c(Oc2ccc(N(C)C)nc2)c1F.[HH].[HH]. The lowest BCUT2D eigenvalue weighted by Gasteiger charge is -2.16. The first-order chi connectivity index (χ1) is 10.4. The molecule has 0 bridgehead atoms. The van der Waals surface area contributed by atoms with Crippen molar-refractivity contribution >= 4 is 17.4 Å². The number of benzene rings is 1. The molecule has 1 heterocycles. The van der Waals surface area contributed by atoms with Crippen molar-refractivity contribution in [2.24, 2.45) is 0 Å². The molecule has 5 heteroatoms. The van der Waals surface area contributed by atoms with E-state index in [-0.39, 0.29) is 19.5 Å². The van der Waals surface area contributed by atoms with E-state index in [0.29, 0.717) is 11.3 Å². The van der Waals surface area contributed by atoms with Gasteiger partial charge in [0.05, 0.1) is 11.2 Å². The number of aromatic nitrogens is 1. The van der Waals surface area contributed by atoms with Crippen LogP contribution in [0.25, 0.3) is 0 Å². The fraction of sp³-hybridized carbons (Fsp3) is 0.353. The fourth-order valence-corrected chi connectivity index (χ4v) is 2.24. The Hall–Kier alpha value is -1.81. The summed E-state index contributed by atoms with van der Waals surface area (Å²) in [5.41, 5.74) is 0.611. The van der Waals surface area contributed by atoms with E-state index in [0.717, 1.165) is 12.2 Å². The van der Waals surface area contributed by atoms with Gasteiger partial charge in [0, 0.05) is 16.9 Å². The van der Waals surface area contributed by atoms with Crippen molar-refractivity contribution in [3.05, 3.63) is 46.9 Å². The van der Waals surface area contributed by atoms with E-state index < -0.39 is 5.82 Å². The maximum atomic E-state index is 14.6. The van der Waals surface area contributed by atoms with Gasteiger partial charge in [0.15, 0.2) is 11.6 Å². The first kappa shape index (κ1) is 16.6. The number of halogens is 2. The van der Waals surface area contributed by atoms with Crippen LogP contribution in [0.1, 0.15) is 34.6 Å². The molecule has 2 aromatic rings. The van der Waals surface area contributed by atoms with E-state index in [1.54, 1.807) is 30.5 Å². The highest BCUT2D eigenvalue weighted by atomic mass is 35.5. The van der Waals surface area contributed by atoms with Gasteiger partial charge in [-0.15, -0.1) is 0 Å². The van der Waals surface area contributed by atoms with Crippen molar-refractivity contribution in [1.82, 2.24) is 4.98 Å². The van der Waals surface area contributed by atoms with Gasteiger partial charge in [-0.1, -0.05) is 31.5 Å². The van der Waals surface area contributed by atoms with Crippen LogP contribution in [0.4, 0.5) is 10.2 Å². The van der Waals surface area contributed by atoms with Crippen molar-refractivity contribution < 1.29 is 12.0 Å². The number of hydrogen-bond donors (Lipinski definition) is 0. The summed E-state index contributed by atoms with van der Waals surface area (Å²) in [7, 11) is 3.80. The first-order valence-electron chi connectivity index (χ1n) is 7.23. The van der Waals surface area contributed by atoms with E-state index in [1.807, 2.05) is 32.8 Å². The van der Waals surface area contributed by atoms with E-state index in [1.165, 1.54) is 0 Å². The largest absolute Gasteiger partial charge is 0.451 e. The number of rotatable bonds is 5. The molecule has 2 rings (SSSR count). The molecule has 0 aliphatic rings. The highest BCUT2D eigenvalue weighted by Crippen LogP contribution is 2.36. The zero-order valence-electron chi connectivity index (χ0n) is 13.2. The minimum absolute atomic E-state index is 0. The minimum atomic E-state index is -0.404. The summed E-state index contributed by atoms with van der Waals surface area (Å²) in [6.45, 7) is 3.99. The van der Waals surface area contributed by atoms with Crippen molar-refractivity contribution in [3.63, 3.8) is 0 Å². The van der Waals surface area contributed by atoms with Crippen LogP contribution in [0, 0.1) is 5.82 Å². The monoisotopic (exact) mass is 326 g/mol. The van der Waals surface area contributed by atoms with Gasteiger partial charge >= 0.3 is 0 Å². The smallest absolute Gasteiger partial charge is 0.181 e. The van der Waals surface area contributed by atoms with Crippen LogP contribution < -0.4 is 9.64 Å². The zero-order valence-corrected chi connectivity index (χ0v) is 14.0. The molecule has 0 fully saturated rings. The number of hydrogen-bond acceptors (Lipinski definition) is 3. The molecular weight excluding hydrogens is 303 g/mol. The molecule has 1 aromatic heterocycles. The maximum Gasteiger partial charge on any atom is 0.181 e. The second-order valence-corrected chi connectivity index (χ2v) is 5.84. The highest BCUT2D eigenvalue weighted by Gasteiger charge is 2.18. The van der Waals surface area contributed by atoms with Crippen molar-refractivity contribution in [1.29, 1.82) is 0 Å². The number of anilines is 1. The topological polar surface area (TPSA) is 25.4 Å². The van der Waals surface area contributed by atoms with Crippen LogP contribution in [0.3, 0.4) is 0 Å². The number of ether oxygens (including phenoxy) is 1. The summed E-state index contributed by atoms with van der Waals surface area (Å²) in [4.78, 5) is 6.12. The molecule has 0 unspecified atom stereocenters. The van der Waals surface area contributed by atoms with Crippen LogP contribution in [-0.2, 0) is 0 Å². The lowest BCUT2D eigenvalue weighted by atomic mass is 9.98. The molecule has 0 aliphatic carbocycles. The lowest BCUT2D eigenvalue weighted by Crippen LogP contribution is -2.10. The molecule has 0 amide bonds. The predicted octanol–water partition coefficient (Wildman–Crippen LogP) is 5.74. The average Bonchev–Trinajstić information content (AvgIpc) is 2.51. The third-order valence-corrected chi connectivity index (χ3v) is 3.92. The van der Waals surface area contributed by atoms with Crippen LogP contribution >= 0.6 is 11.6 Å². The Morgan fingerprint density at radius 2 is 2.05 bits per heavy atom. The van der Waals surface area contributed by atoms with Crippen molar-refractivity contribution in [3.8, 4) is 11.5 Å². The Labute approximate surface area is 138 Å².